The van der Waals surface area contributed by atoms with Crippen molar-refractivity contribution in [1.82, 2.24) is 5.32 Å². The molecule has 2 rings (SSSR count). The highest BCUT2D eigenvalue weighted by Crippen LogP contribution is 2.45. The van der Waals surface area contributed by atoms with Gasteiger partial charge in [0, 0.05) is 26.2 Å². The van der Waals surface area contributed by atoms with Crippen molar-refractivity contribution in [3.63, 3.8) is 0 Å². The summed E-state index contributed by atoms with van der Waals surface area (Å²) in [7, 11) is -0.678. The van der Waals surface area contributed by atoms with Crippen molar-refractivity contribution in [1.29, 1.82) is 0 Å². The molecule has 0 aliphatic carbocycles. The van der Waals surface area contributed by atoms with Gasteiger partial charge in [-0.2, -0.15) is 0 Å². The molecular weight excluding hydrogens is 481 g/mol. The van der Waals surface area contributed by atoms with Crippen LogP contribution < -0.4 is 10.2 Å². The van der Waals surface area contributed by atoms with Gasteiger partial charge in [0.1, 0.15) is 11.5 Å². The van der Waals surface area contributed by atoms with E-state index in [4.69, 9.17) is 9.53 Å². The fourth-order valence-electron chi connectivity index (χ4n) is 3.74. The van der Waals surface area contributed by atoms with Crippen LogP contribution in [0.5, 0.6) is 0 Å². The summed E-state index contributed by atoms with van der Waals surface area (Å²) in [6, 6.07) is 11.9. The van der Waals surface area contributed by atoms with Crippen molar-refractivity contribution < 1.29 is 23.6 Å². The summed E-state index contributed by atoms with van der Waals surface area (Å²) < 4.78 is 21.6. The highest BCUT2D eigenvalue weighted by Gasteiger charge is 2.41. The average molecular weight is 520 g/mol. The summed E-state index contributed by atoms with van der Waals surface area (Å²) in [6.45, 7) is 11.0. The molecule has 0 aliphatic rings. The molecule has 0 heterocycles. The lowest BCUT2D eigenvalue weighted by Crippen LogP contribution is -2.42. The Bertz CT molecular complexity index is 1040. The third kappa shape index (κ3) is 8.02. The number of carbonyl (C=O) groups is 1. The largest absolute Gasteiger partial charge is 0.465 e. The zero-order valence-corrected chi connectivity index (χ0v) is 23.0. The molecule has 198 valence electrons. The number of amides is 1. The third-order valence-corrected chi connectivity index (χ3v) is 11.2. The lowest BCUT2D eigenvalue weighted by Gasteiger charge is -2.39. The van der Waals surface area contributed by atoms with Gasteiger partial charge in [-0.15, -0.1) is 0 Å². The van der Waals surface area contributed by atoms with Gasteiger partial charge in [-0.25, -0.2) is 9.18 Å². The van der Waals surface area contributed by atoms with Crippen LogP contribution in [0.25, 0.3) is 0 Å². The van der Waals surface area contributed by atoms with Crippen LogP contribution in [0.2, 0.25) is 18.1 Å². The summed E-state index contributed by atoms with van der Waals surface area (Å²) >= 11 is 0. The molecule has 1 amide bonds. The zero-order chi connectivity index (χ0) is 27.1. The minimum atomic E-state index is -2.39. The predicted molar refractivity (Wildman–Crippen MR) is 143 cm³/mol. The van der Waals surface area contributed by atoms with Gasteiger partial charge < -0.3 is 19.7 Å². The van der Waals surface area contributed by atoms with E-state index in [1.807, 2.05) is 30.3 Å². The minimum Gasteiger partial charge on any atom is -0.465 e. The molecule has 0 spiro atoms. The van der Waals surface area contributed by atoms with Crippen LogP contribution in [-0.2, 0) is 11.0 Å². The molecule has 8 nitrogen and oxygen atoms in total. The fourth-order valence-corrected chi connectivity index (χ4v) is 5.05. The summed E-state index contributed by atoms with van der Waals surface area (Å²) in [5.41, 5.74) is 1.18. The second-order valence-corrected chi connectivity index (χ2v) is 15.3. The van der Waals surface area contributed by atoms with E-state index in [-0.39, 0.29) is 28.5 Å². The molecule has 0 saturated heterocycles. The van der Waals surface area contributed by atoms with E-state index in [0.29, 0.717) is 25.8 Å². The van der Waals surface area contributed by atoms with Crippen LogP contribution in [0.1, 0.15) is 57.3 Å². The third-order valence-electron chi connectivity index (χ3n) is 6.70. The Labute approximate surface area is 213 Å². The van der Waals surface area contributed by atoms with Crippen molar-refractivity contribution in [2.75, 3.05) is 18.5 Å². The standard InChI is InChI=1S/C26H38FN3O5Si/c1-26(2,3)36(5,6)35-23(14-10-11-15-28-25(31)32)21-16-20(27)17-22(24(21)30(33)34)29(4)18-19-12-8-7-9-13-19/h7-9,12-13,16-17,23,28H,10-11,14-15,18H2,1-6H3,(H,31,32). The topological polar surface area (TPSA) is 105 Å². The van der Waals surface area contributed by atoms with E-state index in [0.717, 1.165) is 5.56 Å². The number of halogens is 1. The molecule has 10 heteroatoms. The number of rotatable bonds is 12. The van der Waals surface area contributed by atoms with E-state index >= 15 is 0 Å². The number of hydrogen-bond donors (Lipinski definition) is 2. The smallest absolute Gasteiger partial charge is 0.404 e. The van der Waals surface area contributed by atoms with Gasteiger partial charge in [0.05, 0.1) is 16.6 Å². The summed E-state index contributed by atoms with van der Waals surface area (Å²) in [6.07, 6.45) is -0.303. The molecule has 2 N–H and O–H groups in total. The van der Waals surface area contributed by atoms with E-state index < -0.39 is 31.3 Å². The molecule has 0 radical (unpaired) electrons. The molecule has 1 atom stereocenters. The van der Waals surface area contributed by atoms with Crippen molar-refractivity contribution in [3.05, 3.63) is 69.5 Å². The molecule has 0 aromatic heterocycles. The van der Waals surface area contributed by atoms with E-state index in [1.54, 1.807) is 11.9 Å². The van der Waals surface area contributed by atoms with Crippen LogP contribution in [0.4, 0.5) is 20.6 Å². The molecular formula is C26H38FN3O5Si. The highest BCUT2D eigenvalue weighted by molar-refractivity contribution is 6.74. The maximum Gasteiger partial charge on any atom is 0.404 e. The predicted octanol–water partition coefficient (Wildman–Crippen LogP) is 6.87. The lowest BCUT2D eigenvalue weighted by molar-refractivity contribution is -0.385. The van der Waals surface area contributed by atoms with Crippen LogP contribution in [-0.4, -0.2) is 38.0 Å². The van der Waals surface area contributed by atoms with Gasteiger partial charge in [-0.3, -0.25) is 10.1 Å². The van der Waals surface area contributed by atoms with Crippen LogP contribution in [0.15, 0.2) is 42.5 Å². The maximum atomic E-state index is 15.0. The molecule has 0 aliphatic heterocycles. The first-order valence-corrected chi connectivity index (χ1v) is 15.0. The second-order valence-electron chi connectivity index (χ2n) is 10.6. The highest BCUT2D eigenvalue weighted by atomic mass is 28.4. The molecule has 0 saturated carbocycles. The number of anilines is 1. The number of nitro groups is 1. The number of nitro benzene ring substituents is 1. The molecule has 0 bridgehead atoms. The first-order valence-electron chi connectivity index (χ1n) is 12.1. The minimum absolute atomic E-state index is 0.162. The summed E-state index contributed by atoms with van der Waals surface area (Å²) in [5.74, 6) is -0.568. The number of unbranched alkanes of at least 4 members (excludes halogenated alkanes) is 1. The van der Waals surface area contributed by atoms with Gasteiger partial charge in [0.2, 0.25) is 0 Å². The second kappa shape index (κ2) is 12.3. The first kappa shape index (κ1) is 29.2. The van der Waals surface area contributed by atoms with Gasteiger partial charge in [-0.05, 0) is 49.0 Å². The van der Waals surface area contributed by atoms with Crippen LogP contribution in [0.3, 0.4) is 0 Å². The van der Waals surface area contributed by atoms with Gasteiger partial charge in [-0.1, -0.05) is 51.1 Å². The maximum absolute atomic E-state index is 15.0. The van der Waals surface area contributed by atoms with Crippen LogP contribution >= 0.6 is 0 Å². The number of carboxylic acid groups (broad SMARTS) is 1. The van der Waals surface area contributed by atoms with Crippen molar-refractivity contribution in [2.24, 2.45) is 0 Å². The Kier molecular flexibility index (Phi) is 10.0. The average Bonchev–Trinajstić information content (AvgIpc) is 2.76. The Hall–Kier alpha value is -2.98. The number of nitrogens with zero attached hydrogens (tertiary/aromatic N) is 2. The molecule has 2 aromatic rings. The SMILES string of the molecule is CN(Cc1ccccc1)c1cc(F)cc(C(CCCCNC(=O)O)O[Si](C)(C)C(C)(C)C)c1[N+](=O)[O-]. The Morgan fingerprint density at radius 1 is 1.22 bits per heavy atom. The van der Waals surface area contributed by atoms with Gasteiger partial charge in [0.15, 0.2) is 8.32 Å². The van der Waals surface area contributed by atoms with E-state index in [2.05, 4.69) is 39.2 Å². The van der Waals surface area contributed by atoms with Crippen molar-refractivity contribution in [2.45, 2.75) is 70.8 Å². The van der Waals surface area contributed by atoms with Gasteiger partial charge in [0.25, 0.3) is 5.69 Å². The van der Waals surface area contributed by atoms with E-state index in [9.17, 15) is 19.3 Å². The van der Waals surface area contributed by atoms with Gasteiger partial charge >= 0.3 is 6.09 Å². The van der Waals surface area contributed by atoms with E-state index in [1.165, 1.54) is 12.1 Å². The molecule has 1 unspecified atom stereocenters. The fraction of sp³-hybridized carbons (Fsp3) is 0.500. The normalized spacial score (nSPS) is 12.8. The number of benzene rings is 2. The van der Waals surface area contributed by atoms with Crippen molar-refractivity contribution in [3.8, 4) is 0 Å². The lowest BCUT2D eigenvalue weighted by atomic mass is 10.00. The molecule has 36 heavy (non-hydrogen) atoms. The number of nitrogens with one attached hydrogen (secondary N) is 1. The molecule has 2 aromatic carbocycles. The monoisotopic (exact) mass is 519 g/mol. The quantitative estimate of drug-likeness (QED) is 0.137. The Morgan fingerprint density at radius 2 is 1.86 bits per heavy atom. The Morgan fingerprint density at radius 3 is 2.42 bits per heavy atom. The van der Waals surface area contributed by atoms with Crippen LogP contribution in [0, 0.1) is 15.9 Å². The zero-order valence-electron chi connectivity index (χ0n) is 22.0. The van der Waals surface area contributed by atoms with Crippen molar-refractivity contribution >= 4 is 25.8 Å². The first-order chi connectivity index (χ1) is 16.7. The Balaban J connectivity index is 2.49. The molecule has 0 fully saturated rings. The number of hydrogen-bond acceptors (Lipinski definition) is 5. The summed E-state index contributed by atoms with van der Waals surface area (Å²) in [4.78, 5) is 24.3. The summed E-state index contributed by atoms with van der Waals surface area (Å²) in [5, 5.41) is 23.3.